The van der Waals surface area contributed by atoms with Gasteiger partial charge in [-0.3, -0.25) is 4.79 Å². The Bertz CT molecular complexity index is 536. The van der Waals surface area contributed by atoms with Gasteiger partial charge in [-0.05, 0) is 12.5 Å². The van der Waals surface area contributed by atoms with Crippen LogP contribution in [0.25, 0.3) is 0 Å². The molecule has 2 aromatic rings. The van der Waals surface area contributed by atoms with E-state index in [2.05, 4.69) is 0 Å². The van der Waals surface area contributed by atoms with Gasteiger partial charge in [-0.1, -0.05) is 60.7 Å². The number of hydrogen-bond acceptors (Lipinski definition) is 3. The minimum Gasteiger partial charge on any atom is -0.290 e. The number of benzene rings is 2. The van der Waals surface area contributed by atoms with Crippen LogP contribution in [0.3, 0.4) is 0 Å². The third-order valence-corrected chi connectivity index (χ3v) is 3.04. The summed E-state index contributed by atoms with van der Waals surface area (Å²) in [6.45, 7) is 1.71. The quantitative estimate of drug-likeness (QED) is 0.467. The van der Waals surface area contributed by atoms with Crippen molar-refractivity contribution in [1.29, 1.82) is 0 Å². The van der Waals surface area contributed by atoms with Gasteiger partial charge in [0.25, 0.3) is 0 Å². The van der Waals surface area contributed by atoms with Gasteiger partial charge < -0.3 is 0 Å². The molecule has 3 nitrogen and oxygen atoms in total. The molecule has 0 aliphatic rings. The van der Waals surface area contributed by atoms with Crippen LogP contribution in [0.2, 0.25) is 0 Å². The first kappa shape index (κ1) is 13.5. The summed E-state index contributed by atoms with van der Waals surface area (Å²) in [4.78, 5) is 22.7. The van der Waals surface area contributed by atoms with E-state index in [0.29, 0.717) is 5.56 Å². The summed E-state index contributed by atoms with van der Waals surface area (Å²) in [6, 6.07) is 18.4. The van der Waals surface area contributed by atoms with Crippen LogP contribution in [-0.2, 0) is 15.4 Å². The minimum absolute atomic E-state index is 0.138. The molecule has 0 spiro atoms. The summed E-state index contributed by atoms with van der Waals surface area (Å²) in [6.07, 6.45) is 0. The molecule has 0 aromatic heterocycles. The van der Waals surface area contributed by atoms with Gasteiger partial charge in [0.15, 0.2) is 5.60 Å². The third-order valence-electron chi connectivity index (χ3n) is 3.04. The van der Waals surface area contributed by atoms with Crippen molar-refractivity contribution in [2.75, 3.05) is 7.11 Å². The molecule has 0 bridgehead atoms. The van der Waals surface area contributed by atoms with Crippen LogP contribution in [0.5, 0.6) is 0 Å². The lowest BCUT2D eigenvalue weighted by molar-refractivity contribution is -0.328. The predicted octanol–water partition coefficient (Wildman–Crippen LogP) is 3.36. The molecule has 0 fully saturated rings. The molecule has 2 rings (SSSR count). The fourth-order valence-corrected chi connectivity index (χ4v) is 2.00. The average Bonchev–Trinajstić information content (AvgIpc) is 2.48. The number of carbonyl (C=O) groups excluding carboxylic acids is 1. The van der Waals surface area contributed by atoms with Crippen molar-refractivity contribution in [1.82, 2.24) is 0 Å². The van der Waals surface area contributed by atoms with Crippen LogP contribution in [0.1, 0.15) is 22.8 Å². The van der Waals surface area contributed by atoms with Gasteiger partial charge in [0.1, 0.15) is 0 Å². The zero-order valence-electron chi connectivity index (χ0n) is 11.0. The van der Waals surface area contributed by atoms with Crippen molar-refractivity contribution in [3.05, 3.63) is 71.8 Å². The van der Waals surface area contributed by atoms with Crippen molar-refractivity contribution in [2.45, 2.75) is 12.5 Å². The molecule has 0 aliphatic carbocycles. The molecule has 19 heavy (non-hydrogen) atoms. The van der Waals surface area contributed by atoms with Crippen LogP contribution in [0, 0.1) is 0 Å². The Hall–Kier alpha value is -1.97. The Morgan fingerprint density at radius 1 is 0.947 bits per heavy atom. The number of rotatable bonds is 5. The Morgan fingerprint density at radius 3 is 2.00 bits per heavy atom. The van der Waals surface area contributed by atoms with Crippen LogP contribution in [-0.4, -0.2) is 12.9 Å². The molecule has 0 aliphatic heterocycles. The van der Waals surface area contributed by atoms with E-state index >= 15 is 0 Å². The second-order valence-corrected chi connectivity index (χ2v) is 4.34. The number of Topliss-reactive ketones (excluding diaryl/α,β-unsaturated/α-hetero) is 1. The van der Waals surface area contributed by atoms with Crippen LogP contribution in [0.4, 0.5) is 0 Å². The van der Waals surface area contributed by atoms with Gasteiger partial charge in [0.05, 0.1) is 7.11 Å². The summed E-state index contributed by atoms with van der Waals surface area (Å²) in [5, 5.41) is 0. The normalized spacial score (nSPS) is 13.8. The Labute approximate surface area is 112 Å². The predicted molar refractivity (Wildman–Crippen MR) is 72.7 cm³/mol. The Kier molecular flexibility index (Phi) is 4.10. The van der Waals surface area contributed by atoms with Gasteiger partial charge in [-0.2, -0.15) is 0 Å². The summed E-state index contributed by atoms with van der Waals surface area (Å²) in [7, 11) is 1.40. The fraction of sp³-hybridized carbons (Fsp3) is 0.188. The van der Waals surface area contributed by atoms with Gasteiger partial charge in [0.2, 0.25) is 5.78 Å². The maximum Gasteiger partial charge on any atom is 0.202 e. The maximum absolute atomic E-state index is 12.7. The summed E-state index contributed by atoms with van der Waals surface area (Å²) in [5.41, 5.74) is 0.189. The first-order chi connectivity index (χ1) is 9.18. The fourth-order valence-electron chi connectivity index (χ4n) is 2.00. The SMILES string of the molecule is COO[C@](C)(C(=O)c1ccccc1)c1ccccc1. The van der Waals surface area contributed by atoms with Crippen molar-refractivity contribution in [3.63, 3.8) is 0 Å². The van der Waals surface area contributed by atoms with Crippen molar-refractivity contribution >= 4 is 5.78 Å². The van der Waals surface area contributed by atoms with Gasteiger partial charge >= 0.3 is 0 Å². The van der Waals surface area contributed by atoms with Crippen LogP contribution >= 0.6 is 0 Å². The molecule has 0 unspecified atom stereocenters. The molecule has 1 atom stereocenters. The van der Waals surface area contributed by atoms with Crippen molar-refractivity contribution < 1.29 is 14.6 Å². The van der Waals surface area contributed by atoms with Crippen LogP contribution < -0.4 is 0 Å². The highest BCUT2D eigenvalue weighted by Crippen LogP contribution is 2.29. The van der Waals surface area contributed by atoms with Gasteiger partial charge in [-0.25, -0.2) is 9.78 Å². The Balaban J connectivity index is 2.43. The maximum atomic E-state index is 12.7. The summed E-state index contributed by atoms with van der Waals surface area (Å²) in [5.74, 6) is -0.138. The Morgan fingerprint density at radius 2 is 1.47 bits per heavy atom. The lowest BCUT2D eigenvalue weighted by atomic mass is 9.88. The molecule has 0 saturated heterocycles. The van der Waals surface area contributed by atoms with Gasteiger partial charge in [0, 0.05) is 5.56 Å². The van der Waals surface area contributed by atoms with Crippen LogP contribution in [0.15, 0.2) is 60.7 Å². The number of carbonyl (C=O) groups is 1. The average molecular weight is 256 g/mol. The molecule has 0 N–H and O–H groups in total. The molecule has 0 amide bonds. The summed E-state index contributed by atoms with van der Waals surface area (Å²) < 4.78 is 0. The number of hydrogen-bond donors (Lipinski definition) is 0. The zero-order valence-corrected chi connectivity index (χ0v) is 11.0. The van der Waals surface area contributed by atoms with Crippen molar-refractivity contribution in [2.24, 2.45) is 0 Å². The highest BCUT2D eigenvalue weighted by atomic mass is 17.2. The van der Waals surface area contributed by atoms with Crippen molar-refractivity contribution in [3.8, 4) is 0 Å². The molecular formula is C16H16O3. The molecule has 0 radical (unpaired) electrons. The second-order valence-electron chi connectivity index (χ2n) is 4.34. The van der Waals surface area contributed by atoms with E-state index in [4.69, 9.17) is 9.78 Å². The highest BCUT2D eigenvalue weighted by molar-refractivity contribution is 6.02. The molecule has 0 saturated carbocycles. The van der Waals surface area contributed by atoms with E-state index in [1.54, 1.807) is 19.1 Å². The first-order valence-electron chi connectivity index (χ1n) is 6.05. The van der Waals surface area contributed by atoms with E-state index in [9.17, 15) is 4.79 Å². The topological polar surface area (TPSA) is 35.5 Å². The van der Waals surface area contributed by atoms with E-state index in [-0.39, 0.29) is 5.78 Å². The smallest absolute Gasteiger partial charge is 0.202 e. The van der Waals surface area contributed by atoms with E-state index in [1.165, 1.54) is 7.11 Å². The zero-order chi connectivity index (χ0) is 13.7. The number of ketones is 1. The molecule has 0 heterocycles. The summed E-state index contributed by atoms with van der Waals surface area (Å²) >= 11 is 0. The molecule has 3 heteroatoms. The van der Waals surface area contributed by atoms with Gasteiger partial charge in [-0.15, -0.1) is 0 Å². The monoisotopic (exact) mass is 256 g/mol. The molecule has 2 aromatic carbocycles. The molecule has 98 valence electrons. The van der Waals surface area contributed by atoms with E-state index in [0.717, 1.165) is 5.56 Å². The third kappa shape index (κ3) is 2.72. The molecular weight excluding hydrogens is 240 g/mol. The second kappa shape index (κ2) is 5.78. The standard InChI is InChI=1S/C16H16O3/c1-16(19-18-2,14-11-7-4-8-12-14)15(17)13-9-5-3-6-10-13/h3-12H,1-2H3/t16-/m0/s1. The lowest BCUT2D eigenvalue weighted by Crippen LogP contribution is -2.35. The van der Waals surface area contributed by atoms with E-state index < -0.39 is 5.60 Å². The lowest BCUT2D eigenvalue weighted by Gasteiger charge is -2.26. The minimum atomic E-state index is -1.16. The highest BCUT2D eigenvalue weighted by Gasteiger charge is 2.38. The van der Waals surface area contributed by atoms with E-state index in [1.807, 2.05) is 48.5 Å². The first-order valence-corrected chi connectivity index (χ1v) is 6.05. The largest absolute Gasteiger partial charge is 0.290 e.